The number of thioether (sulfide) groups is 1. The number of primary amides is 2. The molecule has 2 unspecified atom stereocenters. The first-order valence-electron chi connectivity index (χ1n) is 42.2. The highest BCUT2D eigenvalue weighted by atomic mass is 32.2. The lowest BCUT2D eigenvalue weighted by Crippen LogP contribution is -2.61. The summed E-state index contributed by atoms with van der Waals surface area (Å²) in [4.78, 5) is 257. The first-order valence-corrected chi connectivity index (χ1v) is 43.3. The molecule has 5 heterocycles. The second kappa shape index (κ2) is 47.8. The number of fused-ring (bicyclic) bond motifs is 4. The van der Waals surface area contributed by atoms with E-state index in [4.69, 9.17) is 17.2 Å². The van der Waals surface area contributed by atoms with Gasteiger partial charge in [-0.3, -0.25) is 81.5 Å². The molecule has 42 nitrogen and oxygen atoms in total. The number of rotatable bonds is 23. The third kappa shape index (κ3) is 27.4. The number of aliphatic hydroxyl groups excluding tert-OH is 4. The lowest BCUT2D eigenvalue weighted by atomic mass is 10.0. The lowest BCUT2D eigenvalue weighted by Gasteiger charge is -2.34. The highest BCUT2D eigenvalue weighted by molar-refractivity contribution is 8.00. The molecular formula is C84H118N20O22S. The summed E-state index contributed by atoms with van der Waals surface area (Å²) in [6, 6.07) is -2.82. The van der Waals surface area contributed by atoms with Gasteiger partial charge in [-0.15, -0.1) is 11.8 Å². The standard InChI is InChI=1S/C84H118N20O22S/c1-7-8-21-65-77(119)97-62(37-68(86)110)84(126)103-30-15-22-66(103)78(120)98-63(42-107)76(118)94-58(28-32-106)83(125)104-41-51(109)36-67(104)79(121)95-59(34-48-38-88-54-18-11-9-16-52(48)54)75(117)93-57(27-31-105)74(116)96-61(35-49-39-89-55-19-12-10-17-53(49)55)81(123)101(5)46(3)80(122)100(4)45(2)71(113)92-56(20-13-14-29-85)73(115)99-64(72(114)90-40-69(87)111)43-127-44-70(112)91-60(82(124)102(65)6)33-47-23-25-50(108)26-24-47/h9-12,16-19,23-26,38-39,45-46,51,56-67,88-89,105-109H,7-8,13-15,20-22,27-37,40-44,85H2,1-6H3,(H2,86,110)(H2,87,111)(H,90,114)(H,91,112)(H,92,113)(H,93,117)(H,94,118)(H,95,121)(H,96,116)(H,97,119)(H,98,120)(H,99,115)/t45-,46-,51+,56-,57-,58-,59-,60-,61-,62-,63-,64?,65-,66-,67?/m0/s1. The fourth-order valence-corrected chi connectivity index (χ4v) is 16.3. The highest BCUT2D eigenvalue weighted by Gasteiger charge is 2.46. The van der Waals surface area contributed by atoms with Gasteiger partial charge in [0, 0.05) is 113 Å². The Balaban J connectivity index is 1.16. The number of hydrogen-bond donors (Lipinski definition) is 20. The number of nitrogens with zero attached hydrogens (tertiary/aromatic N) is 5. The Kier molecular flexibility index (Phi) is 37.7. The number of likely N-dealkylation sites (N-methyl/N-ethyl adjacent to an activating group) is 3. The minimum Gasteiger partial charge on any atom is -0.508 e. The van der Waals surface area contributed by atoms with Crippen LogP contribution >= 0.6 is 11.8 Å². The van der Waals surface area contributed by atoms with Gasteiger partial charge in [0.05, 0.1) is 31.4 Å². The number of hydrogen-bond acceptors (Lipinski definition) is 24. The van der Waals surface area contributed by atoms with Gasteiger partial charge in [-0.2, -0.15) is 0 Å². The fraction of sp³-hybridized carbons (Fsp3) is 0.536. The molecular weight excluding hydrogens is 1670 g/mol. The number of amides is 17. The van der Waals surface area contributed by atoms with Gasteiger partial charge >= 0.3 is 0 Å². The maximum absolute atomic E-state index is 15.2. The highest BCUT2D eigenvalue weighted by Crippen LogP contribution is 2.27. The van der Waals surface area contributed by atoms with Gasteiger partial charge in [0.15, 0.2) is 0 Å². The van der Waals surface area contributed by atoms with E-state index < -0.39 is 261 Å². The van der Waals surface area contributed by atoms with Crippen molar-refractivity contribution in [3.05, 3.63) is 102 Å². The predicted octanol–water partition coefficient (Wildman–Crippen LogP) is -5.48. The monoisotopic (exact) mass is 1790 g/mol. The maximum atomic E-state index is 15.2. The SMILES string of the molecule is CCCC[C@H]1C(=O)N[C@@H](CC(N)=O)C(=O)N2CCC[C@H]2C(=O)N[C@@H](CO)C(=O)N[C@@H](CCO)C(=O)N2C[C@H](O)CC2C(=O)N[C@@H](Cc2c[nH]c3ccccc23)C(=O)N[C@@H](CCO)C(=O)N[C@@H](Cc2c[nH]c3ccccc23)C(=O)N(C)[C@@H](C)C(=O)N(C)[C@@H](C)C(=O)N[C@@H](CCCCN)C(=O)NC(C(=O)NCC(N)=O)CSCC(=O)N[C@@H](Cc2ccc(O)cc2)C(=O)N1C. The summed E-state index contributed by atoms with van der Waals surface area (Å²) in [5, 5.41) is 80.0. The van der Waals surface area contributed by atoms with Crippen LogP contribution in [0.25, 0.3) is 21.8 Å². The number of nitrogens with two attached hydrogens (primary N) is 3. The molecule has 3 aliphatic heterocycles. The zero-order valence-corrected chi connectivity index (χ0v) is 72.6. The Morgan fingerprint density at radius 3 is 1.65 bits per heavy atom. The molecule has 0 aliphatic carbocycles. The molecule has 15 atom stereocenters. The van der Waals surface area contributed by atoms with Gasteiger partial charge in [0.2, 0.25) is 100 Å². The lowest BCUT2D eigenvalue weighted by molar-refractivity contribution is -0.148. The van der Waals surface area contributed by atoms with Crippen molar-refractivity contribution in [2.24, 2.45) is 17.2 Å². The van der Waals surface area contributed by atoms with Crippen LogP contribution in [0.3, 0.4) is 0 Å². The van der Waals surface area contributed by atoms with Crippen LogP contribution < -0.4 is 70.4 Å². The summed E-state index contributed by atoms with van der Waals surface area (Å²) >= 11 is 0.772. The van der Waals surface area contributed by atoms with Crippen molar-refractivity contribution < 1.29 is 107 Å². The number of phenols is 1. The number of nitrogens with one attached hydrogen (secondary N) is 12. The number of phenolic OH excluding ortho intramolecular Hbond substituents is 1. The molecule has 8 rings (SSSR count). The molecule has 17 amide bonds. The fourth-order valence-electron chi connectivity index (χ4n) is 15.4. The van der Waals surface area contributed by atoms with Crippen LogP contribution in [0, 0.1) is 0 Å². The van der Waals surface area contributed by atoms with E-state index in [9.17, 15) is 87.9 Å². The number of aromatic nitrogens is 2. The Bertz CT molecular complexity index is 4760. The Morgan fingerprint density at radius 2 is 1.03 bits per heavy atom. The first kappa shape index (κ1) is 100. The topological polar surface area (TPSA) is 637 Å². The van der Waals surface area contributed by atoms with Crippen molar-refractivity contribution in [1.82, 2.24) is 87.6 Å². The molecule has 3 fully saturated rings. The van der Waals surface area contributed by atoms with Crippen molar-refractivity contribution in [3.8, 4) is 5.75 Å². The summed E-state index contributed by atoms with van der Waals surface area (Å²) in [5.41, 5.74) is 19.6. The Morgan fingerprint density at radius 1 is 0.512 bits per heavy atom. The third-order valence-electron chi connectivity index (χ3n) is 22.8. The molecule has 43 heteroatoms. The first-order chi connectivity index (χ1) is 60.5. The molecule has 0 saturated carbocycles. The molecule has 3 saturated heterocycles. The molecule has 23 N–H and O–H groups in total. The van der Waals surface area contributed by atoms with Gasteiger partial charge in [-0.05, 0) is 113 Å². The van der Waals surface area contributed by atoms with Crippen molar-refractivity contribution >= 4 is 134 Å². The van der Waals surface area contributed by atoms with Crippen LogP contribution in [-0.4, -0.2) is 330 Å². The van der Waals surface area contributed by atoms with E-state index in [-0.39, 0.29) is 76.6 Å². The number of benzene rings is 3. The van der Waals surface area contributed by atoms with Gasteiger partial charge in [-0.25, -0.2) is 0 Å². The second-order valence-corrected chi connectivity index (χ2v) is 32.9. The minimum atomic E-state index is -1.90. The summed E-state index contributed by atoms with van der Waals surface area (Å²) in [6.07, 6.45) is -0.259. The summed E-state index contributed by atoms with van der Waals surface area (Å²) in [6.45, 7) is 0.520. The zero-order valence-electron chi connectivity index (χ0n) is 71.8. The van der Waals surface area contributed by atoms with Gasteiger partial charge < -0.3 is 130 Å². The summed E-state index contributed by atoms with van der Waals surface area (Å²) in [5.74, 6) is -17.8. The van der Waals surface area contributed by atoms with Gasteiger partial charge in [0.25, 0.3) is 0 Å². The average molecular weight is 1790 g/mol. The van der Waals surface area contributed by atoms with Crippen LogP contribution in [0.5, 0.6) is 5.75 Å². The molecule has 0 bridgehead atoms. The van der Waals surface area contributed by atoms with Crippen LogP contribution in [0.1, 0.15) is 115 Å². The van der Waals surface area contributed by atoms with Crippen molar-refractivity contribution in [2.75, 3.05) is 78.6 Å². The quantitative estimate of drug-likeness (QED) is 0.0271. The predicted molar refractivity (Wildman–Crippen MR) is 461 cm³/mol. The van der Waals surface area contributed by atoms with Crippen molar-refractivity contribution in [1.29, 1.82) is 0 Å². The molecule has 692 valence electrons. The number of para-hydroxylation sites is 2. The Labute approximate surface area is 736 Å². The zero-order chi connectivity index (χ0) is 93.0. The van der Waals surface area contributed by atoms with Crippen LogP contribution in [0.2, 0.25) is 0 Å². The normalized spacial score (nSPS) is 25.6. The molecule has 5 aromatic rings. The number of carbonyl (C=O) groups is 17. The van der Waals surface area contributed by atoms with E-state index in [0.29, 0.717) is 51.3 Å². The molecule has 127 heavy (non-hydrogen) atoms. The molecule has 3 aromatic carbocycles. The van der Waals surface area contributed by atoms with E-state index in [0.717, 1.165) is 36.3 Å². The Hall–Kier alpha value is -12.3. The van der Waals surface area contributed by atoms with E-state index >= 15 is 19.2 Å². The van der Waals surface area contributed by atoms with E-state index in [1.807, 2.05) is 0 Å². The van der Waals surface area contributed by atoms with E-state index in [1.165, 1.54) is 59.3 Å². The average Bonchev–Trinajstić information content (AvgIpc) is 1.72. The number of aliphatic hydroxyl groups is 4. The second-order valence-electron chi connectivity index (χ2n) is 31.9. The largest absolute Gasteiger partial charge is 0.508 e. The van der Waals surface area contributed by atoms with Crippen LogP contribution in [-0.2, 0) is 101 Å². The number of unbranched alkanes of at least 4 members (excludes halogenated alkanes) is 2. The number of H-pyrrole nitrogens is 2. The summed E-state index contributed by atoms with van der Waals surface area (Å²) < 4.78 is 0. The van der Waals surface area contributed by atoms with Crippen molar-refractivity contribution in [2.45, 2.75) is 208 Å². The number of aromatic amines is 2. The third-order valence-corrected chi connectivity index (χ3v) is 23.8. The molecule has 3 aliphatic rings. The van der Waals surface area contributed by atoms with Gasteiger partial charge in [-0.1, -0.05) is 68.3 Å². The van der Waals surface area contributed by atoms with Gasteiger partial charge in [0.1, 0.15) is 90.3 Å². The summed E-state index contributed by atoms with van der Waals surface area (Å²) in [7, 11) is 3.78. The minimum absolute atomic E-state index is 0.0739. The molecule has 0 spiro atoms. The molecule has 0 radical (unpaired) electrons. The van der Waals surface area contributed by atoms with Crippen LogP contribution in [0.4, 0.5) is 0 Å². The molecule has 2 aromatic heterocycles. The van der Waals surface area contributed by atoms with Crippen molar-refractivity contribution in [3.63, 3.8) is 0 Å². The number of aromatic hydroxyl groups is 1. The maximum Gasteiger partial charge on any atom is 0.246 e. The smallest absolute Gasteiger partial charge is 0.246 e. The number of carbonyl (C=O) groups excluding carboxylic acids is 17. The van der Waals surface area contributed by atoms with E-state index in [2.05, 4.69) is 63.1 Å². The van der Waals surface area contributed by atoms with Crippen LogP contribution in [0.15, 0.2) is 85.2 Å². The van der Waals surface area contributed by atoms with E-state index in [1.54, 1.807) is 67.8 Å².